The molecule has 0 spiro atoms. The molecule has 1 aromatic heterocycles. The lowest BCUT2D eigenvalue weighted by atomic mass is 10.3. The maximum Gasteiger partial charge on any atom is 0.265 e. The number of carbonyl (C=O) groups is 1. The highest BCUT2D eigenvalue weighted by molar-refractivity contribution is 7.03. The summed E-state index contributed by atoms with van der Waals surface area (Å²) < 4.78 is 3.68. The summed E-state index contributed by atoms with van der Waals surface area (Å²) in [7, 11) is 0. The van der Waals surface area contributed by atoms with Gasteiger partial charge in [0.2, 0.25) is 0 Å². The van der Waals surface area contributed by atoms with E-state index in [-0.39, 0.29) is 12.5 Å². The van der Waals surface area contributed by atoms with Gasteiger partial charge in [-0.15, -0.1) is 5.10 Å². The number of carbonyl (C=O) groups excluding carboxylic acids is 1. The van der Waals surface area contributed by atoms with Gasteiger partial charge in [0.05, 0.1) is 18.8 Å². The second-order valence-electron chi connectivity index (χ2n) is 2.67. The molecule has 13 heavy (non-hydrogen) atoms. The van der Waals surface area contributed by atoms with Crippen molar-refractivity contribution in [2.24, 2.45) is 5.73 Å². The van der Waals surface area contributed by atoms with Gasteiger partial charge in [0, 0.05) is 5.38 Å². The van der Waals surface area contributed by atoms with E-state index >= 15 is 0 Å². The SMILES string of the molecule is NC1CON(Cc2csnn2)C1=O. The third kappa shape index (κ3) is 1.67. The van der Waals surface area contributed by atoms with Crippen LogP contribution in [0.1, 0.15) is 5.69 Å². The molecule has 0 saturated carbocycles. The Hall–Kier alpha value is -1.05. The topological polar surface area (TPSA) is 81.3 Å². The predicted molar refractivity (Wildman–Crippen MR) is 44.4 cm³/mol. The number of nitrogens with zero attached hydrogens (tertiary/aromatic N) is 3. The number of amides is 1. The second-order valence-corrected chi connectivity index (χ2v) is 3.28. The van der Waals surface area contributed by atoms with Crippen LogP contribution >= 0.6 is 11.5 Å². The average Bonchev–Trinajstić information content (AvgIpc) is 2.71. The lowest BCUT2D eigenvalue weighted by Crippen LogP contribution is -2.34. The number of hydrogen-bond acceptors (Lipinski definition) is 6. The van der Waals surface area contributed by atoms with Crippen molar-refractivity contribution in [2.45, 2.75) is 12.6 Å². The molecule has 70 valence electrons. The minimum absolute atomic E-state index is 0.201. The summed E-state index contributed by atoms with van der Waals surface area (Å²) in [4.78, 5) is 16.3. The molecule has 7 heteroatoms. The van der Waals surface area contributed by atoms with Crippen LogP contribution < -0.4 is 5.73 Å². The van der Waals surface area contributed by atoms with Crippen molar-refractivity contribution in [3.63, 3.8) is 0 Å². The number of aromatic nitrogens is 2. The first kappa shape index (κ1) is 8.54. The van der Waals surface area contributed by atoms with E-state index in [1.165, 1.54) is 16.6 Å². The van der Waals surface area contributed by atoms with Crippen LogP contribution in [-0.4, -0.2) is 33.2 Å². The molecule has 1 amide bonds. The van der Waals surface area contributed by atoms with Crippen molar-refractivity contribution in [1.29, 1.82) is 0 Å². The zero-order valence-electron chi connectivity index (χ0n) is 6.71. The van der Waals surface area contributed by atoms with Crippen LogP contribution in [0.15, 0.2) is 5.38 Å². The lowest BCUT2D eigenvalue weighted by molar-refractivity contribution is -0.164. The normalized spacial score (nSPS) is 22.7. The van der Waals surface area contributed by atoms with Gasteiger partial charge in [-0.3, -0.25) is 9.63 Å². The summed E-state index contributed by atoms with van der Waals surface area (Å²) in [6.45, 7) is 0.569. The summed E-state index contributed by atoms with van der Waals surface area (Å²) in [5, 5.41) is 6.78. The molecule has 6 nitrogen and oxygen atoms in total. The molecule has 0 aliphatic carbocycles. The van der Waals surface area contributed by atoms with Crippen molar-refractivity contribution >= 4 is 17.4 Å². The highest BCUT2D eigenvalue weighted by Gasteiger charge is 2.30. The van der Waals surface area contributed by atoms with E-state index in [1.54, 1.807) is 5.38 Å². The first-order valence-electron chi connectivity index (χ1n) is 3.73. The highest BCUT2D eigenvalue weighted by atomic mass is 32.1. The molecule has 1 unspecified atom stereocenters. The van der Waals surface area contributed by atoms with E-state index in [9.17, 15) is 4.79 Å². The van der Waals surface area contributed by atoms with E-state index in [4.69, 9.17) is 10.6 Å². The molecule has 0 bridgehead atoms. The molecule has 2 heterocycles. The molecule has 1 saturated heterocycles. The number of hydroxylamine groups is 2. The maximum absolute atomic E-state index is 11.3. The summed E-state index contributed by atoms with van der Waals surface area (Å²) in [5.41, 5.74) is 6.16. The Kier molecular flexibility index (Phi) is 2.21. The smallest absolute Gasteiger partial charge is 0.265 e. The fourth-order valence-electron chi connectivity index (χ4n) is 1.01. The molecular formula is C6H8N4O2S. The van der Waals surface area contributed by atoms with Gasteiger partial charge in [0.15, 0.2) is 0 Å². The fraction of sp³-hybridized carbons (Fsp3) is 0.500. The molecule has 0 radical (unpaired) electrons. The molecule has 1 atom stereocenters. The third-order valence-electron chi connectivity index (χ3n) is 1.68. The molecular weight excluding hydrogens is 192 g/mol. The highest BCUT2D eigenvalue weighted by Crippen LogP contribution is 2.10. The van der Waals surface area contributed by atoms with Crippen LogP contribution in [0.2, 0.25) is 0 Å². The Morgan fingerprint density at radius 1 is 1.85 bits per heavy atom. The van der Waals surface area contributed by atoms with E-state index in [0.717, 1.165) is 0 Å². The fourth-order valence-corrected chi connectivity index (χ4v) is 1.46. The Morgan fingerprint density at radius 2 is 2.69 bits per heavy atom. The van der Waals surface area contributed by atoms with Crippen molar-refractivity contribution in [3.05, 3.63) is 11.1 Å². The van der Waals surface area contributed by atoms with Gasteiger partial charge in [-0.2, -0.15) is 0 Å². The van der Waals surface area contributed by atoms with E-state index in [0.29, 0.717) is 12.2 Å². The molecule has 1 fully saturated rings. The van der Waals surface area contributed by atoms with Crippen LogP contribution in [0.25, 0.3) is 0 Å². The zero-order chi connectivity index (χ0) is 9.26. The van der Waals surface area contributed by atoms with Gasteiger partial charge in [0.25, 0.3) is 5.91 Å². The molecule has 2 N–H and O–H groups in total. The Bertz CT molecular complexity index is 302. The summed E-state index contributed by atoms with van der Waals surface area (Å²) in [5.74, 6) is -0.201. The molecule has 2 rings (SSSR count). The second kappa shape index (κ2) is 3.36. The monoisotopic (exact) mass is 200 g/mol. The quantitative estimate of drug-likeness (QED) is 0.671. The standard InChI is InChI=1S/C6H8N4O2S/c7-5-2-12-10(6(5)11)1-4-3-13-9-8-4/h3,5H,1-2,7H2. The number of nitrogens with two attached hydrogens (primary N) is 1. The van der Waals surface area contributed by atoms with Gasteiger partial charge in [-0.25, -0.2) is 5.06 Å². The summed E-state index contributed by atoms with van der Waals surface area (Å²) >= 11 is 1.24. The Labute approximate surface area is 78.4 Å². The molecule has 1 aromatic rings. The Balaban J connectivity index is 2.00. The zero-order valence-corrected chi connectivity index (χ0v) is 7.53. The van der Waals surface area contributed by atoms with Crippen molar-refractivity contribution in [3.8, 4) is 0 Å². The predicted octanol–water partition coefficient (Wildman–Crippen LogP) is -0.861. The maximum atomic E-state index is 11.3. The summed E-state index contributed by atoms with van der Waals surface area (Å²) in [6, 6.07) is -0.536. The first-order valence-corrected chi connectivity index (χ1v) is 4.57. The molecule has 1 aliphatic rings. The van der Waals surface area contributed by atoms with Crippen LogP contribution in [-0.2, 0) is 16.2 Å². The Morgan fingerprint density at radius 3 is 3.23 bits per heavy atom. The van der Waals surface area contributed by atoms with Crippen molar-refractivity contribution in [2.75, 3.05) is 6.61 Å². The van der Waals surface area contributed by atoms with E-state index < -0.39 is 6.04 Å². The lowest BCUT2D eigenvalue weighted by Gasteiger charge is -2.11. The number of rotatable bonds is 2. The van der Waals surface area contributed by atoms with Crippen LogP contribution in [0.3, 0.4) is 0 Å². The first-order chi connectivity index (χ1) is 6.27. The average molecular weight is 200 g/mol. The minimum Gasteiger partial charge on any atom is -0.318 e. The van der Waals surface area contributed by atoms with Gasteiger partial charge >= 0.3 is 0 Å². The van der Waals surface area contributed by atoms with Gasteiger partial charge < -0.3 is 5.73 Å². The summed E-state index contributed by atoms with van der Waals surface area (Å²) in [6.07, 6.45) is 0. The van der Waals surface area contributed by atoms with Gasteiger partial charge in [0.1, 0.15) is 6.04 Å². The van der Waals surface area contributed by atoms with E-state index in [1.807, 2.05) is 0 Å². The molecule has 1 aliphatic heterocycles. The van der Waals surface area contributed by atoms with Crippen molar-refractivity contribution < 1.29 is 9.63 Å². The van der Waals surface area contributed by atoms with Gasteiger partial charge in [-0.05, 0) is 11.5 Å². The van der Waals surface area contributed by atoms with Gasteiger partial charge in [-0.1, -0.05) is 4.49 Å². The third-order valence-corrected chi connectivity index (χ3v) is 2.24. The van der Waals surface area contributed by atoms with E-state index in [2.05, 4.69) is 9.59 Å². The minimum atomic E-state index is -0.536. The van der Waals surface area contributed by atoms with Crippen LogP contribution in [0, 0.1) is 0 Å². The van der Waals surface area contributed by atoms with Crippen LogP contribution in [0.5, 0.6) is 0 Å². The number of hydrogen-bond donors (Lipinski definition) is 1. The molecule has 0 aromatic carbocycles. The largest absolute Gasteiger partial charge is 0.318 e. The van der Waals surface area contributed by atoms with Crippen molar-refractivity contribution in [1.82, 2.24) is 14.7 Å². The van der Waals surface area contributed by atoms with Crippen LogP contribution in [0.4, 0.5) is 0 Å².